The predicted molar refractivity (Wildman–Crippen MR) is 81.8 cm³/mol. The average Bonchev–Trinajstić information content (AvgIpc) is 2.37. The molecule has 5 heteroatoms. The van der Waals surface area contributed by atoms with Crippen LogP contribution in [-0.2, 0) is 0 Å². The molecule has 0 aromatic rings. The lowest BCUT2D eigenvalue weighted by atomic mass is 9.99. The molecule has 0 aliphatic carbocycles. The zero-order valence-electron chi connectivity index (χ0n) is 13.4. The molecule has 1 aliphatic heterocycles. The number of urea groups is 1. The van der Waals surface area contributed by atoms with E-state index in [1.165, 1.54) is 12.8 Å². The zero-order chi connectivity index (χ0) is 15.1. The van der Waals surface area contributed by atoms with E-state index >= 15 is 0 Å². The number of aliphatic hydroxyl groups is 1. The Morgan fingerprint density at radius 1 is 1.35 bits per heavy atom. The normalized spacial score (nSPS) is 19.1. The summed E-state index contributed by atoms with van der Waals surface area (Å²) in [5, 5.41) is 12.4. The maximum Gasteiger partial charge on any atom is 0.317 e. The third kappa shape index (κ3) is 6.09. The molecule has 1 unspecified atom stereocenters. The summed E-state index contributed by atoms with van der Waals surface area (Å²) in [4.78, 5) is 16.2. The smallest absolute Gasteiger partial charge is 0.317 e. The second-order valence-electron chi connectivity index (χ2n) is 6.35. The number of nitrogens with zero attached hydrogens (tertiary/aromatic N) is 2. The maximum absolute atomic E-state index is 12.1. The molecule has 0 saturated carbocycles. The van der Waals surface area contributed by atoms with Crippen molar-refractivity contribution < 1.29 is 9.90 Å². The van der Waals surface area contributed by atoms with Crippen molar-refractivity contribution in [2.45, 2.75) is 52.7 Å². The van der Waals surface area contributed by atoms with Crippen LogP contribution in [0.3, 0.4) is 0 Å². The number of carbonyl (C=O) groups is 1. The minimum atomic E-state index is -0.494. The Morgan fingerprint density at radius 3 is 2.45 bits per heavy atom. The molecule has 2 amide bonds. The molecular formula is C15H31N3O2. The molecule has 5 nitrogen and oxygen atoms in total. The molecule has 1 atom stereocenters. The number of carbonyl (C=O) groups excluding carboxylic acids is 1. The summed E-state index contributed by atoms with van der Waals surface area (Å²) in [7, 11) is 0. The lowest BCUT2D eigenvalue weighted by molar-refractivity contribution is 0.118. The van der Waals surface area contributed by atoms with E-state index in [1.807, 2.05) is 13.8 Å². The van der Waals surface area contributed by atoms with Gasteiger partial charge in [-0.05, 0) is 52.6 Å². The van der Waals surface area contributed by atoms with E-state index < -0.39 is 6.10 Å². The summed E-state index contributed by atoms with van der Waals surface area (Å²) in [6.07, 6.45) is 2.02. The van der Waals surface area contributed by atoms with Crippen molar-refractivity contribution >= 4 is 6.03 Å². The molecule has 1 saturated heterocycles. The topological polar surface area (TPSA) is 55.8 Å². The van der Waals surface area contributed by atoms with E-state index in [-0.39, 0.29) is 12.1 Å². The van der Waals surface area contributed by atoms with Crippen LogP contribution in [0.5, 0.6) is 0 Å². The molecular weight excluding hydrogens is 254 g/mol. The standard InChI is InChI=1S/C15H31N3O2/c1-12(2)18(11-14(4)19)15(20)16-7-10-17-8-5-13(3)6-9-17/h12-14,19H,5-11H2,1-4H3,(H,16,20). The van der Waals surface area contributed by atoms with Gasteiger partial charge in [-0.15, -0.1) is 0 Å². The van der Waals surface area contributed by atoms with Crippen molar-refractivity contribution in [2.24, 2.45) is 5.92 Å². The number of hydrogen-bond donors (Lipinski definition) is 2. The fourth-order valence-electron chi connectivity index (χ4n) is 2.52. The average molecular weight is 285 g/mol. The fourth-order valence-corrected chi connectivity index (χ4v) is 2.52. The molecule has 0 aromatic heterocycles. The third-order valence-electron chi connectivity index (χ3n) is 3.93. The van der Waals surface area contributed by atoms with Gasteiger partial charge >= 0.3 is 6.03 Å². The molecule has 1 heterocycles. The first-order chi connectivity index (χ1) is 9.40. The van der Waals surface area contributed by atoms with Crippen LogP contribution in [0.15, 0.2) is 0 Å². The first kappa shape index (κ1) is 17.2. The van der Waals surface area contributed by atoms with Crippen molar-refractivity contribution in [2.75, 3.05) is 32.7 Å². The van der Waals surface area contributed by atoms with Gasteiger partial charge in [0.1, 0.15) is 0 Å². The molecule has 118 valence electrons. The van der Waals surface area contributed by atoms with Gasteiger partial charge < -0.3 is 20.2 Å². The first-order valence-electron chi connectivity index (χ1n) is 7.85. The van der Waals surface area contributed by atoms with Crippen LogP contribution in [0.1, 0.15) is 40.5 Å². The van der Waals surface area contributed by atoms with E-state index in [4.69, 9.17) is 0 Å². The lowest BCUT2D eigenvalue weighted by Crippen LogP contribution is -2.48. The Morgan fingerprint density at radius 2 is 1.95 bits per heavy atom. The number of amides is 2. The van der Waals surface area contributed by atoms with Crippen LogP contribution in [0, 0.1) is 5.92 Å². The Labute approximate surface area is 123 Å². The fraction of sp³-hybridized carbons (Fsp3) is 0.933. The molecule has 0 radical (unpaired) electrons. The molecule has 1 rings (SSSR count). The van der Waals surface area contributed by atoms with Crippen LogP contribution < -0.4 is 5.32 Å². The Bertz CT molecular complexity index is 287. The van der Waals surface area contributed by atoms with Gasteiger partial charge in [-0.25, -0.2) is 4.79 Å². The summed E-state index contributed by atoms with van der Waals surface area (Å²) >= 11 is 0. The Hall–Kier alpha value is -0.810. The van der Waals surface area contributed by atoms with Crippen LogP contribution in [0.2, 0.25) is 0 Å². The summed E-state index contributed by atoms with van der Waals surface area (Å²) in [5.74, 6) is 0.836. The third-order valence-corrected chi connectivity index (χ3v) is 3.93. The van der Waals surface area contributed by atoms with Crippen LogP contribution >= 0.6 is 0 Å². The molecule has 0 spiro atoms. The van der Waals surface area contributed by atoms with Gasteiger partial charge in [0.15, 0.2) is 0 Å². The SMILES string of the molecule is CC(O)CN(C(=O)NCCN1CCC(C)CC1)C(C)C. The van der Waals surface area contributed by atoms with Crippen LogP contribution in [0.25, 0.3) is 0 Å². The van der Waals surface area contributed by atoms with Crippen molar-refractivity contribution in [3.05, 3.63) is 0 Å². The van der Waals surface area contributed by atoms with E-state index in [0.717, 1.165) is 25.6 Å². The van der Waals surface area contributed by atoms with Crippen LogP contribution in [-0.4, -0.2) is 65.8 Å². The number of rotatable bonds is 6. The number of aliphatic hydroxyl groups excluding tert-OH is 1. The minimum absolute atomic E-state index is 0.0775. The molecule has 2 N–H and O–H groups in total. The Balaban J connectivity index is 2.27. The number of nitrogens with one attached hydrogen (secondary N) is 1. The summed E-state index contributed by atoms with van der Waals surface area (Å²) in [5.41, 5.74) is 0. The summed E-state index contributed by atoms with van der Waals surface area (Å²) < 4.78 is 0. The van der Waals surface area contributed by atoms with Gasteiger partial charge in [0.05, 0.1) is 6.10 Å². The second-order valence-corrected chi connectivity index (χ2v) is 6.35. The molecule has 1 fully saturated rings. The highest BCUT2D eigenvalue weighted by Gasteiger charge is 2.19. The zero-order valence-corrected chi connectivity index (χ0v) is 13.4. The molecule has 0 aromatic carbocycles. The first-order valence-corrected chi connectivity index (χ1v) is 7.85. The number of likely N-dealkylation sites (tertiary alicyclic amines) is 1. The van der Waals surface area contributed by atoms with E-state index in [1.54, 1.807) is 11.8 Å². The van der Waals surface area contributed by atoms with E-state index in [2.05, 4.69) is 17.1 Å². The lowest BCUT2D eigenvalue weighted by Gasteiger charge is -2.31. The van der Waals surface area contributed by atoms with Gasteiger partial charge in [-0.3, -0.25) is 0 Å². The maximum atomic E-state index is 12.1. The highest BCUT2D eigenvalue weighted by molar-refractivity contribution is 5.74. The molecule has 0 bridgehead atoms. The van der Waals surface area contributed by atoms with Crippen molar-refractivity contribution in [3.63, 3.8) is 0 Å². The van der Waals surface area contributed by atoms with Gasteiger partial charge in [0.2, 0.25) is 0 Å². The van der Waals surface area contributed by atoms with E-state index in [0.29, 0.717) is 13.1 Å². The largest absolute Gasteiger partial charge is 0.392 e. The van der Waals surface area contributed by atoms with Gasteiger partial charge in [0, 0.05) is 25.7 Å². The number of piperidine rings is 1. The second kappa shape index (κ2) is 8.47. The molecule has 1 aliphatic rings. The Kier molecular flexibility index (Phi) is 7.30. The predicted octanol–water partition coefficient (Wildman–Crippen LogP) is 1.52. The van der Waals surface area contributed by atoms with Gasteiger partial charge in [0.25, 0.3) is 0 Å². The van der Waals surface area contributed by atoms with Crippen molar-refractivity contribution in [3.8, 4) is 0 Å². The van der Waals surface area contributed by atoms with Crippen molar-refractivity contribution in [1.82, 2.24) is 15.1 Å². The number of hydrogen-bond acceptors (Lipinski definition) is 3. The van der Waals surface area contributed by atoms with Crippen molar-refractivity contribution in [1.29, 1.82) is 0 Å². The highest BCUT2D eigenvalue weighted by Crippen LogP contribution is 2.15. The van der Waals surface area contributed by atoms with Gasteiger partial charge in [-0.1, -0.05) is 6.92 Å². The quantitative estimate of drug-likeness (QED) is 0.778. The van der Waals surface area contributed by atoms with Crippen LogP contribution in [0.4, 0.5) is 4.79 Å². The highest BCUT2D eigenvalue weighted by atomic mass is 16.3. The minimum Gasteiger partial charge on any atom is -0.392 e. The molecule has 20 heavy (non-hydrogen) atoms. The summed E-state index contributed by atoms with van der Waals surface area (Å²) in [6, 6.07) is 0.0201. The monoisotopic (exact) mass is 285 g/mol. The summed E-state index contributed by atoms with van der Waals surface area (Å²) in [6.45, 7) is 12.2. The van der Waals surface area contributed by atoms with Gasteiger partial charge in [-0.2, -0.15) is 0 Å². The van der Waals surface area contributed by atoms with E-state index in [9.17, 15) is 9.90 Å².